The first-order valence-electron chi connectivity index (χ1n) is 9.65. The van der Waals surface area contributed by atoms with Gasteiger partial charge in [0.05, 0.1) is 10.5 Å². The van der Waals surface area contributed by atoms with Crippen molar-refractivity contribution in [1.29, 1.82) is 0 Å². The summed E-state index contributed by atoms with van der Waals surface area (Å²) in [6, 6.07) is 4.76. The third-order valence-corrected chi connectivity index (χ3v) is 5.96. The second-order valence-electron chi connectivity index (χ2n) is 6.92. The highest BCUT2D eigenvalue weighted by atomic mass is 32.2. The van der Waals surface area contributed by atoms with Crippen LogP contribution in [0.15, 0.2) is 29.2 Å². The van der Waals surface area contributed by atoms with Crippen molar-refractivity contribution < 1.29 is 27.5 Å². The van der Waals surface area contributed by atoms with Gasteiger partial charge in [-0.2, -0.15) is 0 Å². The molecular weight excluding hydrogens is 398 g/mol. The van der Waals surface area contributed by atoms with Crippen LogP contribution >= 0.6 is 0 Å². The molecule has 0 radical (unpaired) electrons. The Morgan fingerprint density at radius 3 is 2.55 bits per heavy atom. The van der Waals surface area contributed by atoms with Crippen molar-refractivity contribution >= 4 is 27.9 Å². The fourth-order valence-electron chi connectivity index (χ4n) is 2.90. The highest BCUT2D eigenvalue weighted by Crippen LogP contribution is 2.17. The molecular formula is C19H27N3O6S. The minimum atomic E-state index is -3.74. The quantitative estimate of drug-likeness (QED) is 0.543. The summed E-state index contributed by atoms with van der Waals surface area (Å²) in [6.07, 6.45) is 3.22. The summed E-state index contributed by atoms with van der Waals surface area (Å²) >= 11 is 0. The molecule has 0 unspecified atom stereocenters. The fraction of sp³-hybridized carbons (Fsp3) is 0.526. The van der Waals surface area contributed by atoms with Gasteiger partial charge < -0.3 is 10.1 Å². The smallest absolute Gasteiger partial charge is 0.338 e. The summed E-state index contributed by atoms with van der Waals surface area (Å²) in [5.41, 5.74) is -0.0144. The lowest BCUT2D eigenvalue weighted by Gasteiger charge is -2.15. The van der Waals surface area contributed by atoms with Crippen molar-refractivity contribution in [3.63, 3.8) is 0 Å². The maximum atomic E-state index is 12.3. The molecule has 9 nitrogen and oxygen atoms in total. The molecule has 10 heteroatoms. The van der Waals surface area contributed by atoms with Crippen LogP contribution < -0.4 is 15.4 Å². The third kappa shape index (κ3) is 6.82. The van der Waals surface area contributed by atoms with Gasteiger partial charge in [-0.3, -0.25) is 10.1 Å². The molecule has 0 aliphatic heterocycles. The lowest BCUT2D eigenvalue weighted by molar-refractivity contribution is -0.127. The van der Waals surface area contributed by atoms with Crippen molar-refractivity contribution in [1.82, 2.24) is 15.4 Å². The number of rotatable bonds is 8. The zero-order valence-electron chi connectivity index (χ0n) is 16.6. The lowest BCUT2D eigenvalue weighted by Crippen LogP contribution is -2.47. The standard InChI is InChI=1S/C19H27N3O6S/c1-3-11-20-29(26,27)16-10-6-7-14(12-16)18(24)28-13(2)17(23)22-19(25)21-15-8-4-5-9-15/h6-7,10,12-13,15,20H,3-5,8-9,11H2,1-2H3,(H2,21,22,23,25)/t13-/m1/s1. The number of urea groups is 1. The Morgan fingerprint density at radius 1 is 1.21 bits per heavy atom. The highest BCUT2D eigenvalue weighted by Gasteiger charge is 2.24. The van der Waals surface area contributed by atoms with E-state index in [0.29, 0.717) is 6.42 Å². The minimum absolute atomic E-state index is 0.0144. The molecule has 3 amide bonds. The lowest BCUT2D eigenvalue weighted by atomic mass is 10.2. The molecule has 0 spiro atoms. The first kappa shape index (κ1) is 22.8. The zero-order valence-corrected chi connectivity index (χ0v) is 17.4. The number of hydrogen-bond donors (Lipinski definition) is 3. The van der Waals surface area contributed by atoms with Crippen LogP contribution in [0.5, 0.6) is 0 Å². The summed E-state index contributed by atoms with van der Waals surface area (Å²) in [5.74, 6) is -1.63. The highest BCUT2D eigenvalue weighted by molar-refractivity contribution is 7.89. The molecule has 2 rings (SSSR count). The first-order chi connectivity index (χ1) is 13.7. The van der Waals surface area contributed by atoms with Crippen molar-refractivity contribution in [3.05, 3.63) is 29.8 Å². The van der Waals surface area contributed by atoms with Gasteiger partial charge in [0.15, 0.2) is 6.10 Å². The van der Waals surface area contributed by atoms with E-state index in [-0.39, 0.29) is 23.0 Å². The number of carbonyl (C=O) groups is 3. The van der Waals surface area contributed by atoms with Gasteiger partial charge in [0.2, 0.25) is 10.0 Å². The minimum Gasteiger partial charge on any atom is -0.449 e. The summed E-state index contributed by atoms with van der Waals surface area (Å²) in [6.45, 7) is 3.44. The molecule has 0 bridgehead atoms. The van der Waals surface area contributed by atoms with Gasteiger partial charge >= 0.3 is 12.0 Å². The van der Waals surface area contributed by atoms with E-state index in [4.69, 9.17) is 4.74 Å². The van der Waals surface area contributed by atoms with Crippen LogP contribution in [0.2, 0.25) is 0 Å². The van der Waals surface area contributed by atoms with Crippen LogP contribution in [0.3, 0.4) is 0 Å². The normalized spacial score (nSPS) is 15.5. The number of carbonyl (C=O) groups excluding carboxylic acids is 3. The Hall–Kier alpha value is -2.46. The predicted octanol–water partition coefficient (Wildman–Crippen LogP) is 1.69. The molecule has 1 aliphatic rings. The van der Waals surface area contributed by atoms with E-state index in [9.17, 15) is 22.8 Å². The van der Waals surface area contributed by atoms with Gasteiger partial charge in [-0.05, 0) is 44.4 Å². The van der Waals surface area contributed by atoms with Crippen LogP contribution in [0.25, 0.3) is 0 Å². The largest absolute Gasteiger partial charge is 0.449 e. The summed E-state index contributed by atoms with van der Waals surface area (Å²) in [4.78, 5) is 36.2. The van der Waals surface area contributed by atoms with Crippen molar-refractivity contribution in [2.24, 2.45) is 0 Å². The molecule has 1 atom stereocenters. The Kier molecular flexibility index (Phi) is 8.15. The predicted molar refractivity (Wildman–Crippen MR) is 106 cm³/mol. The van der Waals surface area contributed by atoms with E-state index >= 15 is 0 Å². The molecule has 29 heavy (non-hydrogen) atoms. The van der Waals surface area contributed by atoms with Gasteiger partial charge in [0.25, 0.3) is 5.91 Å². The van der Waals surface area contributed by atoms with Crippen LogP contribution in [0.4, 0.5) is 4.79 Å². The molecule has 3 N–H and O–H groups in total. The van der Waals surface area contributed by atoms with E-state index in [2.05, 4.69) is 15.4 Å². The van der Waals surface area contributed by atoms with Crippen molar-refractivity contribution in [2.45, 2.75) is 63.0 Å². The van der Waals surface area contributed by atoms with Gasteiger partial charge in [-0.25, -0.2) is 22.7 Å². The second-order valence-corrected chi connectivity index (χ2v) is 8.68. The average Bonchev–Trinajstić information content (AvgIpc) is 3.19. The van der Waals surface area contributed by atoms with Crippen molar-refractivity contribution in [2.75, 3.05) is 6.54 Å². The third-order valence-electron chi connectivity index (χ3n) is 4.50. The van der Waals surface area contributed by atoms with E-state index in [1.54, 1.807) is 0 Å². The SMILES string of the molecule is CCCNS(=O)(=O)c1cccc(C(=O)O[C@H](C)C(=O)NC(=O)NC2CCCC2)c1. The van der Waals surface area contributed by atoms with Gasteiger partial charge in [-0.1, -0.05) is 25.8 Å². The Morgan fingerprint density at radius 2 is 1.90 bits per heavy atom. The summed E-state index contributed by atoms with van der Waals surface area (Å²) < 4.78 is 31.9. The van der Waals surface area contributed by atoms with E-state index in [1.165, 1.54) is 31.2 Å². The maximum Gasteiger partial charge on any atom is 0.338 e. The van der Waals surface area contributed by atoms with Crippen LogP contribution in [-0.2, 0) is 19.6 Å². The van der Waals surface area contributed by atoms with E-state index in [0.717, 1.165) is 25.7 Å². The molecule has 1 aromatic carbocycles. The number of sulfonamides is 1. The summed E-state index contributed by atoms with van der Waals surface area (Å²) in [7, 11) is -3.74. The average molecular weight is 426 g/mol. The van der Waals surface area contributed by atoms with Crippen LogP contribution in [-0.4, -0.2) is 45.0 Å². The van der Waals surface area contributed by atoms with Crippen molar-refractivity contribution in [3.8, 4) is 0 Å². The van der Waals surface area contributed by atoms with E-state index in [1.807, 2.05) is 6.92 Å². The molecule has 1 aromatic rings. The summed E-state index contributed by atoms with van der Waals surface area (Å²) in [5, 5.41) is 4.86. The molecule has 1 fully saturated rings. The number of nitrogens with one attached hydrogen (secondary N) is 3. The Labute approximate surface area is 170 Å². The second kappa shape index (κ2) is 10.4. The maximum absolute atomic E-state index is 12.3. The van der Waals surface area contributed by atoms with Gasteiger partial charge in [0.1, 0.15) is 0 Å². The molecule has 160 valence electrons. The molecule has 0 saturated heterocycles. The van der Waals surface area contributed by atoms with Gasteiger partial charge in [-0.15, -0.1) is 0 Å². The molecule has 1 saturated carbocycles. The number of esters is 1. The van der Waals surface area contributed by atoms with E-state index < -0.39 is 34.0 Å². The first-order valence-corrected chi connectivity index (χ1v) is 11.1. The monoisotopic (exact) mass is 425 g/mol. The number of hydrogen-bond acceptors (Lipinski definition) is 6. The number of imide groups is 1. The molecule has 1 aliphatic carbocycles. The Balaban J connectivity index is 1.93. The fourth-order valence-corrected chi connectivity index (χ4v) is 4.08. The molecule has 0 aromatic heterocycles. The topological polar surface area (TPSA) is 131 Å². The number of ether oxygens (including phenoxy) is 1. The van der Waals surface area contributed by atoms with Gasteiger partial charge in [0, 0.05) is 12.6 Å². The van der Waals surface area contributed by atoms with Crippen LogP contribution in [0.1, 0.15) is 56.3 Å². The molecule has 0 heterocycles. The van der Waals surface area contributed by atoms with Crippen LogP contribution in [0, 0.1) is 0 Å². The number of benzene rings is 1. The number of amides is 3. The zero-order chi connectivity index (χ0) is 21.4. The Bertz CT molecular complexity index is 849.